The Morgan fingerprint density at radius 1 is 1.40 bits per heavy atom. The highest BCUT2D eigenvalue weighted by atomic mass is 32.1. The van der Waals surface area contributed by atoms with E-state index in [4.69, 9.17) is 0 Å². The Hall–Kier alpha value is -1.88. The first-order valence-corrected chi connectivity index (χ1v) is 7.20. The van der Waals surface area contributed by atoms with E-state index < -0.39 is 5.97 Å². The van der Waals surface area contributed by atoms with E-state index in [1.54, 1.807) is 23.6 Å². The van der Waals surface area contributed by atoms with Gasteiger partial charge in [-0.3, -0.25) is 0 Å². The summed E-state index contributed by atoms with van der Waals surface area (Å²) >= 11 is 1.79. The van der Waals surface area contributed by atoms with Gasteiger partial charge < -0.3 is 10.1 Å². The van der Waals surface area contributed by atoms with Crippen molar-refractivity contribution in [3.05, 3.63) is 45.4 Å². The van der Waals surface area contributed by atoms with Gasteiger partial charge in [0.2, 0.25) is 0 Å². The number of nitrogens with one attached hydrogen (secondary N) is 1. The van der Waals surface area contributed by atoms with Gasteiger partial charge in [0, 0.05) is 27.7 Å². The SMILES string of the molecule is COC(=O)c1cc(NC(C)c2cc(C)sc2C)ccn1. The van der Waals surface area contributed by atoms with E-state index in [0.717, 1.165) is 5.69 Å². The summed E-state index contributed by atoms with van der Waals surface area (Å²) < 4.78 is 4.68. The Morgan fingerprint density at radius 3 is 2.75 bits per heavy atom. The van der Waals surface area contributed by atoms with Crippen LogP contribution in [-0.2, 0) is 4.74 Å². The Labute approximate surface area is 122 Å². The molecule has 0 spiro atoms. The first-order valence-electron chi connectivity index (χ1n) is 6.39. The molecule has 1 unspecified atom stereocenters. The molecule has 0 aliphatic carbocycles. The quantitative estimate of drug-likeness (QED) is 0.872. The van der Waals surface area contributed by atoms with E-state index in [9.17, 15) is 4.79 Å². The van der Waals surface area contributed by atoms with Gasteiger partial charge in [-0.05, 0) is 44.5 Å². The fraction of sp³-hybridized carbons (Fsp3) is 0.333. The van der Waals surface area contributed by atoms with Crippen molar-refractivity contribution in [2.75, 3.05) is 12.4 Å². The highest BCUT2D eigenvalue weighted by Crippen LogP contribution is 2.28. The number of carbonyl (C=O) groups excluding carboxylic acids is 1. The van der Waals surface area contributed by atoms with Crippen LogP contribution in [0.15, 0.2) is 24.4 Å². The molecular weight excluding hydrogens is 272 g/mol. The van der Waals surface area contributed by atoms with Crippen LogP contribution in [-0.4, -0.2) is 18.1 Å². The molecule has 2 aromatic rings. The molecular formula is C15H18N2O2S. The number of pyridine rings is 1. The lowest BCUT2D eigenvalue weighted by molar-refractivity contribution is 0.0594. The fourth-order valence-electron chi connectivity index (χ4n) is 2.14. The van der Waals surface area contributed by atoms with Gasteiger partial charge in [-0.25, -0.2) is 9.78 Å². The normalized spacial score (nSPS) is 12.0. The van der Waals surface area contributed by atoms with Gasteiger partial charge in [-0.2, -0.15) is 0 Å². The predicted molar refractivity (Wildman–Crippen MR) is 81.4 cm³/mol. The van der Waals surface area contributed by atoms with Crippen molar-refractivity contribution in [1.29, 1.82) is 0 Å². The lowest BCUT2D eigenvalue weighted by atomic mass is 10.1. The van der Waals surface area contributed by atoms with E-state index in [0.29, 0.717) is 5.69 Å². The standard InChI is InChI=1S/C15H18N2O2S/c1-9-7-13(11(3)20-9)10(2)17-12-5-6-16-14(8-12)15(18)19-4/h5-8,10H,1-4H3,(H,16,17). The van der Waals surface area contributed by atoms with Crippen molar-refractivity contribution < 1.29 is 9.53 Å². The van der Waals surface area contributed by atoms with Crippen LogP contribution in [0.4, 0.5) is 5.69 Å². The monoisotopic (exact) mass is 290 g/mol. The van der Waals surface area contributed by atoms with Gasteiger partial charge in [0.15, 0.2) is 0 Å². The molecule has 0 aromatic carbocycles. The number of aryl methyl sites for hydroxylation is 2. The summed E-state index contributed by atoms with van der Waals surface area (Å²) in [6.07, 6.45) is 1.60. The molecule has 0 saturated carbocycles. The van der Waals surface area contributed by atoms with Crippen molar-refractivity contribution in [2.24, 2.45) is 0 Å². The minimum Gasteiger partial charge on any atom is -0.464 e. The van der Waals surface area contributed by atoms with E-state index in [2.05, 4.69) is 41.9 Å². The molecule has 0 radical (unpaired) electrons. The molecule has 2 heterocycles. The van der Waals surface area contributed by atoms with Crippen LogP contribution in [0.2, 0.25) is 0 Å². The minimum absolute atomic E-state index is 0.174. The number of carbonyl (C=O) groups is 1. The largest absolute Gasteiger partial charge is 0.464 e. The molecule has 0 bridgehead atoms. The molecule has 0 amide bonds. The molecule has 5 heteroatoms. The summed E-state index contributed by atoms with van der Waals surface area (Å²) in [5.41, 5.74) is 2.45. The van der Waals surface area contributed by atoms with Crippen molar-refractivity contribution >= 4 is 23.0 Å². The molecule has 2 aromatic heterocycles. The summed E-state index contributed by atoms with van der Waals surface area (Å²) in [6, 6.07) is 5.92. The molecule has 0 aliphatic rings. The topological polar surface area (TPSA) is 51.2 Å². The van der Waals surface area contributed by atoms with Gasteiger partial charge in [0.1, 0.15) is 5.69 Å². The maximum atomic E-state index is 11.5. The Morgan fingerprint density at radius 2 is 2.15 bits per heavy atom. The molecule has 0 aliphatic heterocycles. The summed E-state index contributed by atoms with van der Waals surface area (Å²) in [5.74, 6) is -0.427. The van der Waals surface area contributed by atoms with E-state index in [1.165, 1.54) is 22.4 Å². The number of rotatable bonds is 4. The third-order valence-electron chi connectivity index (χ3n) is 3.08. The van der Waals surface area contributed by atoms with Crippen molar-refractivity contribution in [1.82, 2.24) is 4.98 Å². The minimum atomic E-state index is -0.427. The average molecular weight is 290 g/mol. The zero-order chi connectivity index (χ0) is 14.7. The predicted octanol–water partition coefficient (Wildman–Crippen LogP) is 3.72. The van der Waals surface area contributed by atoms with E-state index in [-0.39, 0.29) is 6.04 Å². The number of nitrogens with zero attached hydrogens (tertiary/aromatic N) is 1. The summed E-state index contributed by atoms with van der Waals surface area (Å²) in [5, 5.41) is 3.39. The van der Waals surface area contributed by atoms with Gasteiger partial charge in [0.25, 0.3) is 0 Å². The van der Waals surface area contributed by atoms with Gasteiger partial charge in [0.05, 0.1) is 7.11 Å². The maximum absolute atomic E-state index is 11.5. The third-order valence-corrected chi connectivity index (χ3v) is 4.07. The van der Waals surface area contributed by atoms with Crippen LogP contribution < -0.4 is 5.32 Å². The van der Waals surface area contributed by atoms with Crippen LogP contribution >= 0.6 is 11.3 Å². The number of hydrogen-bond donors (Lipinski definition) is 1. The molecule has 1 N–H and O–H groups in total. The summed E-state index contributed by atoms with van der Waals surface area (Å²) in [4.78, 5) is 18.1. The second-order valence-electron chi connectivity index (χ2n) is 4.66. The molecule has 2 rings (SSSR count). The van der Waals surface area contributed by atoms with Crippen LogP contribution in [0.3, 0.4) is 0 Å². The average Bonchev–Trinajstić information content (AvgIpc) is 2.77. The number of anilines is 1. The van der Waals surface area contributed by atoms with Crippen molar-refractivity contribution in [2.45, 2.75) is 26.8 Å². The van der Waals surface area contributed by atoms with Gasteiger partial charge in [-0.15, -0.1) is 11.3 Å². The van der Waals surface area contributed by atoms with Crippen molar-refractivity contribution in [3.8, 4) is 0 Å². The zero-order valence-electron chi connectivity index (χ0n) is 12.1. The zero-order valence-corrected chi connectivity index (χ0v) is 12.9. The van der Waals surface area contributed by atoms with E-state index >= 15 is 0 Å². The molecule has 1 atom stereocenters. The summed E-state index contributed by atoms with van der Waals surface area (Å²) in [6.45, 7) is 6.33. The van der Waals surface area contributed by atoms with Gasteiger partial charge >= 0.3 is 5.97 Å². The Kier molecular flexibility index (Phi) is 4.39. The summed E-state index contributed by atoms with van der Waals surface area (Å²) in [7, 11) is 1.35. The molecule has 4 nitrogen and oxygen atoms in total. The number of aromatic nitrogens is 1. The van der Waals surface area contributed by atoms with Crippen LogP contribution in [0.25, 0.3) is 0 Å². The third kappa shape index (κ3) is 3.17. The number of esters is 1. The van der Waals surface area contributed by atoms with Crippen molar-refractivity contribution in [3.63, 3.8) is 0 Å². The first-order chi connectivity index (χ1) is 9.51. The second-order valence-corrected chi connectivity index (χ2v) is 6.12. The Bertz CT molecular complexity index is 622. The highest BCUT2D eigenvalue weighted by Gasteiger charge is 2.13. The number of hydrogen-bond acceptors (Lipinski definition) is 5. The molecule has 0 saturated heterocycles. The van der Waals surface area contributed by atoms with Crippen LogP contribution in [0.1, 0.15) is 38.8 Å². The number of ether oxygens (including phenoxy) is 1. The van der Waals surface area contributed by atoms with Crippen LogP contribution in [0.5, 0.6) is 0 Å². The lowest BCUT2D eigenvalue weighted by Crippen LogP contribution is -2.09. The smallest absolute Gasteiger partial charge is 0.356 e. The Balaban J connectivity index is 2.17. The maximum Gasteiger partial charge on any atom is 0.356 e. The number of methoxy groups -OCH3 is 1. The molecule has 106 valence electrons. The van der Waals surface area contributed by atoms with Crippen LogP contribution in [0, 0.1) is 13.8 Å². The number of thiophene rings is 1. The molecule has 0 fully saturated rings. The first kappa shape index (κ1) is 14.5. The lowest BCUT2D eigenvalue weighted by Gasteiger charge is -2.15. The van der Waals surface area contributed by atoms with Gasteiger partial charge in [-0.1, -0.05) is 0 Å². The highest BCUT2D eigenvalue weighted by molar-refractivity contribution is 7.12. The van der Waals surface area contributed by atoms with E-state index in [1.807, 2.05) is 6.07 Å². The molecule has 20 heavy (non-hydrogen) atoms. The second kappa shape index (κ2) is 6.05. The fourth-order valence-corrected chi connectivity index (χ4v) is 3.17.